The van der Waals surface area contributed by atoms with Gasteiger partial charge in [0, 0.05) is 25.7 Å². The van der Waals surface area contributed by atoms with Gasteiger partial charge in [0.2, 0.25) is 0 Å². The van der Waals surface area contributed by atoms with E-state index in [1.54, 1.807) is 0 Å². The van der Waals surface area contributed by atoms with Crippen LogP contribution in [0.4, 0.5) is 0 Å². The van der Waals surface area contributed by atoms with Crippen molar-refractivity contribution in [2.45, 2.75) is 37.6 Å². The Balaban J connectivity index is 1.87. The number of ketones is 2. The molecule has 1 aromatic carbocycles. The Bertz CT molecular complexity index is 814. The van der Waals surface area contributed by atoms with Crippen LogP contribution in [0.3, 0.4) is 0 Å². The molecule has 2 amide bonds. The highest BCUT2D eigenvalue weighted by Gasteiger charge is 2.45. The van der Waals surface area contributed by atoms with E-state index in [2.05, 4.69) is 0 Å². The van der Waals surface area contributed by atoms with Crippen LogP contribution >= 0.6 is 0 Å². The lowest BCUT2D eigenvalue weighted by atomic mass is 9.75. The number of hydrogen-bond donors (Lipinski definition) is 2. The Kier molecular flexibility index (Phi) is 4.33. The number of rotatable bonds is 3. The van der Waals surface area contributed by atoms with Crippen molar-refractivity contribution >= 4 is 29.4 Å². The zero-order chi connectivity index (χ0) is 19.1. The lowest BCUT2D eigenvalue weighted by Crippen LogP contribution is -2.53. The van der Waals surface area contributed by atoms with E-state index < -0.39 is 40.6 Å². The molecule has 3 rings (SSSR count). The number of phenolic OH excluding ortho intramolecular Hbond substituents is 1. The first kappa shape index (κ1) is 17.7. The van der Waals surface area contributed by atoms with Crippen LogP contribution in [0.25, 0.3) is 0 Å². The number of nitrogens with two attached hydrogens (primary N) is 1. The summed E-state index contributed by atoms with van der Waals surface area (Å²) < 4.78 is 0. The highest BCUT2D eigenvalue weighted by Crippen LogP contribution is 2.32. The number of carbonyl (C=O) groups is 5. The van der Waals surface area contributed by atoms with Crippen LogP contribution in [0.2, 0.25) is 0 Å². The first-order chi connectivity index (χ1) is 12.2. The monoisotopic (exact) mass is 360 g/mol. The van der Waals surface area contributed by atoms with E-state index in [0.717, 1.165) is 12.1 Å². The third-order valence-electron chi connectivity index (χ3n) is 4.54. The first-order valence-electron chi connectivity index (χ1n) is 8.02. The maximum absolute atomic E-state index is 12.2. The summed E-state index contributed by atoms with van der Waals surface area (Å²) in [6, 6.07) is 3.44. The average Bonchev–Trinajstić information content (AvgIpc) is 2.91. The molecule has 26 heavy (non-hydrogen) atoms. The van der Waals surface area contributed by atoms with Crippen LogP contribution in [-0.2, 0) is 29.6 Å². The molecule has 2 fully saturated rings. The highest BCUT2D eigenvalue weighted by molar-refractivity contribution is 6.13. The molecule has 9 nitrogen and oxygen atoms in total. The van der Waals surface area contributed by atoms with Gasteiger partial charge in [0.15, 0.2) is 17.1 Å². The van der Waals surface area contributed by atoms with Crippen LogP contribution in [0.1, 0.15) is 48.0 Å². The van der Waals surface area contributed by atoms with Crippen LogP contribution < -0.4 is 5.73 Å². The van der Waals surface area contributed by atoms with Crippen molar-refractivity contribution in [1.29, 1.82) is 0 Å². The number of aromatic hydroxyl groups is 1. The minimum atomic E-state index is -1.86. The molecule has 3 N–H and O–H groups in total. The molecule has 9 heteroatoms. The van der Waals surface area contributed by atoms with Gasteiger partial charge in [-0.15, -0.1) is 5.06 Å². The summed E-state index contributed by atoms with van der Waals surface area (Å²) in [6.07, 6.45) is 0.594. The third-order valence-corrected chi connectivity index (χ3v) is 4.54. The molecule has 0 atom stereocenters. The van der Waals surface area contributed by atoms with E-state index in [1.807, 2.05) is 0 Å². The fourth-order valence-corrected chi connectivity index (χ4v) is 3.02. The summed E-state index contributed by atoms with van der Waals surface area (Å²) in [5, 5.41) is 10.5. The van der Waals surface area contributed by atoms with Gasteiger partial charge in [-0.05, 0) is 24.1 Å². The molecule has 1 saturated heterocycles. The molecule has 0 spiro atoms. The van der Waals surface area contributed by atoms with Gasteiger partial charge in [-0.2, -0.15) is 0 Å². The number of phenols is 1. The predicted molar refractivity (Wildman–Crippen MR) is 84.3 cm³/mol. The number of nitrogens with zero attached hydrogens (tertiary/aromatic N) is 1. The van der Waals surface area contributed by atoms with Crippen molar-refractivity contribution < 1.29 is 33.9 Å². The van der Waals surface area contributed by atoms with E-state index in [-0.39, 0.29) is 36.8 Å². The largest absolute Gasteiger partial charge is 0.507 e. The topological polar surface area (TPSA) is 144 Å². The van der Waals surface area contributed by atoms with Crippen molar-refractivity contribution in [1.82, 2.24) is 5.06 Å². The van der Waals surface area contributed by atoms with Gasteiger partial charge in [0.05, 0.1) is 0 Å². The summed E-state index contributed by atoms with van der Waals surface area (Å²) in [6.45, 7) is 0. The molecule has 0 radical (unpaired) electrons. The van der Waals surface area contributed by atoms with Gasteiger partial charge in [-0.25, -0.2) is 4.79 Å². The standard InChI is InChI=1S/C17H16N2O7/c18-17(12(21)2-1-3-13(17)22)9-4-5-10(11(20)8-9)16(25)26-19-14(23)6-7-15(19)24/h4-5,8,20H,1-3,6-7,18H2. The van der Waals surface area contributed by atoms with Crippen LogP contribution in [-0.4, -0.2) is 39.5 Å². The molecule has 0 unspecified atom stereocenters. The molecule has 1 aromatic rings. The van der Waals surface area contributed by atoms with Gasteiger partial charge < -0.3 is 15.7 Å². The summed E-state index contributed by atoms with van der Waals surface area (Å²) >= 11 is 0. The molecule has 2 aliphatic rings. The van der Waals surface area contributed by atoms with E-state index in [0.29, 0.717) is 11.5 Å². The number of benzene rings is 1. The Morgan fingerprint density at radius 1 is 1.04 bits per heavy atom. The number of hydrogen-bond acceptors (Lipinski definition) is 8. The smallest absolute Gasteiger partial charge is 0.367 e. The predicted octanol–water partition coefficient (Wildman–Crippen LogP) is 0.0891. The molecule has 0 bridgehead atoms. The third kappa shape index (κ3) is 2.76. The Morgan fingerprint density at radius 2 is 1.62 bits per heavy atom. The summed E-state index contributed by atoms with van der Waals surface area (Å²) in [5.41, 5.74) is 3.88. The van der Waals surface area contributed by atoms with Crippen molar-refractivity contribution in [3.8, 4) is 5.75 Å². The van der Waals surface area contributed by atoms with Gasteiger partial charge in [-0.3, -0.25) is 19.2 Å². The van der Waals surface area contributed by atoms with E-state index in [1.165, 1.54) is 6.07 Å². The van der Waals surface area contributed by atoms with Gasteiger partial charge in [0.1, 0.15) is 11.3 Å². The van der Waals surface area contributed by atoms with Crippen molar-refractivity contribution in [2.75, 3.05) is 0 Å². The average molecular weight is 360 g/mol. The lowest BCUT2D eigenvalue weighted by molar-refractivity contribution is -0.172. The molecule has 1 saturated carbocycles. The molecule has 1 aliphatic carbocycles. The second-order valence-corrected chi connectivity index (χ2v) is 6.20. The van der Waals surface area contributed by atoms with Crippen LogP contribution in [0.5, 0.6) is 5.75 Å². The Labute approximate surface area is 147 Å². The molecule has 136 valence electrons. The minimum absolute atomic E-state index is 0.0586. The molecule has 0 aromatic heterocycles. The number of imide groups is 1. The second-order valence-electron chi connectivity index (χ2n) is 6.20. The summed E-state index contributed by atoms with van der Waals surface area (Å²) in [7, 11) is 0. The summed E-state index contributed by atoms with van der Waals surface area (Å²) in [4.78, 5) is 64.1. The van der Waals surface area contributed by atoms with Gasteiger partial charge in [-0.1, -0.05) is 6.07 Å². The van der Waals surface area contributed by atoms with Crippen LogP contribution in [0, 0.1) is 0 Å². The van der Waals surface area contributed by atoms with Crippen molar-refractivity contribution in [2.24, 2.45) is 5.73 Å². The quantitative estimate of drug-likeness (QED) is 0.570. The SMILES string of the molecule is NC1(c2ccc(C(=O)ON3C(=O)CCC3=O)c(O)c2)C(=O)CCCC1=O. The summed E-state index contributed by atoms with van der Waals surface area (Å²) in [5.74, 6) is -3.93. The molecule has 1 heterocycles. The maximum Gasteiger partial charge on any atom is 0.367 e. The highest BCUT2D eigenvalue weighted by atomic mass is 16.7. The van der Waals surface area contributed by atoms with Gasteiger partial charge in [0.25, 0.3) is 11.8 Å². The number of carbonyl (C=O) groups excluding carboxylic acids is 5. The minimum Gasteiger partial charge on any atom is -0.507 e. The van der Waals surface area contributed by atoms with Crippen molar-refractivity contribution in [3.05, 3.63) is 29.3 Å². The van der Waals surface area contributed by atoms with E-state index >= 15 is 0 Å². The zero-order valence-electron chi connectivity index (χ0n) is 13.7. The van der Waals surface area contributed by atoms with E-state index in [9.17, 15) is 29.1 Å². The fourth-order valence-electron chi connectivity index (χ4n) is 3.02. The van der Waals surface area contributed by atoms with Gasteiger partial charge >= 0.3 is 5.97 Å². The normalized spacial score (nSPS) is 19.8. The molecule has 1 aliphatic heterocycles. The second kappa shape index (κ2) is 6.34. The fraction of sp³-hybridized carbons (Fsp3) is 0.353. The Morgan fingerprint density at radius 3 is 2.15 bits per heavy atom. The lowest BCUT2D eigenvalue weighted by Gasteiger charge is -2.30. The number of hydroxylamine groups is 2. The molecular formula is C17H16N2O7. The number of amides is 2. The first-order valence-corrected chi connectivity index (χ1v) is 8.02. The van der Waals surface area contributed by atoms with E-state index in [4.69, 9.17) is 10.6 Å². The van der Waals surface area contributed by atoms with Crippen LogP contribution in [0.15, 0.2) is 18.2 Å². The zero-order valence-corrected chi connectivity index (χ0v) is 13.7. The maximum atomic E-state index is 12.2. The number of Topliss-reactive ketones (excluding diaryl/α,β-unsaturated/α-hetero) is 2. The Hall–Kier alpha value is -3.07. The molecular weight excluding hydrogens is 344 g/mol. The van der Waals surface area contributed by atoms with Crippen molar-refractivity contribution in [3.63, 3.8) is 0 Å².